The van der Waals surface area contributed by atoms with E-state index in [4.69, 9.17) is 9.47 Å². The number of aliphatic hydroxyl groups is 1. The van der Waals surface area contributed by atoms with Gasteiger partial charge in [-0.25, -0.2) is 4.21 Å². The largest absolute Gasteiger partial charge is 0.481 e. The Morgan fingerprint density at radius 2 is 1.87 bits per heavy atom. The van der Waals surface area contributed by atoms with Gasteiger partial charge in [-0.3, -0.25) is 0 Å². The zero-order valence-corrected chi connectivity index (χ0v) is 14.5. The average molecular weight is 335 g/mol. The number of hydrogen-bond donors (Lipinski definition) is 1. The van der Waals surface area contributed by atoms with Crippen molar-refractivity contribution in [2.75, 3.05) is 14.2 Å². The fraction of sp³-hybridized carbons (Fsp3) is 0.353. The van der Waals surface area contributed by atoms with Crippen LogP contribution in [0.4, 0.5) is 0 Å². The summed E-state index contributed by atoms with van der Waals surface area (Å²) in [7, 11) is 1.43. The number of methoxy groups -OCH3 is 2. The summed E-state index contributed by atoms with van der Waals surface area (Å²) in [6.07, 6.45) is -0.292. The molecule has 5 nitrogen and oxygen atoms in total. The lowest BCUT2D eigenvalue weighted by molar-refractivity contribution is 0.169. The van der Waals surface area contributed by atoms with Gasteiger partial charge in [0.05, 0.1) is 31.1 Å². The van der Waals surface area contributed by atoms with Gasteiger partial charge in [-0.15, -0.1) is 0 Å². The maximum Gasteiger partial charge on any atom is 0.233 e. The number of aliphatic hydroxyl groups excluding tert-OH is 1. The van der Waals surface area contributed by atoms with E-state index in [9.17, 15) is 9.32 Å². The van der Waals surface area contributed by atoms with E-state index in [1.54, 1.807) is 18.2 Å². The normalized spacial score (nSPS) is 13.4. The number of pyridine rings is 1. The van der Waals surface area contributed by atoms with Crippen molar-refractivity contribution in [1.82, 2.24) is 4.98 Å². The Kier molecular flexibility index (Phi) is 5.74. The highest BCUT2D eigenvalue weighted by Gasteiger charge is 2.24. The SMILES string of the molecule is CC[C@H](O)c1cc(OC)nc(OC)c1[S@](=O)c1ccc(C)cc1. The zero-order chi connectivity index (χ0) is 17.0. The Labute approximate surface area is 138 Å². The summed E-state index contributed by atoms with van der Waals surface area (Å²) in [4.78, 5) is 5.21. The Morgan fingerprint density at radius 3 is 2.39 bits per heavy atom. The third-order valence-corrected chi connectivity index (χ3v) is 5.00. The Morgan fingerprint density at radius 1 is 1.22 bits per heavy atom. The molecule has 23 heavy (non-hydrogen) atoms. The minimum atomic E-state index is -1.51. The summed E-state index contributed by atoms with van der Waals surface area (Å²) in [5.74, 6) is 0.514. The van der Waals surface area contributed by atoms with E-state index in [1.165, 1.54) is 14.2 Å². The second-order valence-electron chi connectivity index (χ2n) is 5.10. The molecule has 1 N–H and O–H groups in total. The Balaban J connectivity index is 2.62. The first kappa shape index (κ1) is 17.4. The molecule has 0 radical (unpaired) electrons. The van der Waals surface area contributed by atoms with E-state index in [1.807, 2.05) is 26.0 Å². The molecule has 2 atom stereocenters. The van der Waals surface area contributed by atoms with Gasteiger partial charge in [0.25, 0.3) is 0 Å². The number of aromatic nitrogens is 1. The maximum atomic E-state index is 13.0. The highest BCUT2D eigenvalue weighted by atomic mass is 32.2. The van der Waals surface area contributed by atoms with Crippen LogP contribution in [0.3, 0.4) is 0 Å². The van der Waals surface area contributed by atoms with Crippen molar-refractivity contribution >= 4 is 10.8 Å². The molecule has 0 aliphatic rings. The quantitative estimate of drug-likeness (QED) is 0.879. The third-order valence-electron chi connectivity index (χ3n) is 3.52. The van der Waals surface area contributed by atoms with Gasteiger partial charge in [-0.1, -0.05) is 24.6 Å². The van der Waals surface area contributed by atoms with Crippen molar-refractivity contribution in [3.05, 3.63) is 41.5 Å². The first-order valence-corrected chi connectivity index (χ1v) is 8.46. The molecule has 124 valence electrons. The molecule has 2 rings (SSSR count). The van der Waals surface area contributed by atoms with Gasteiger partial charge < -0.3 is 14.6 Å². The lowest BCUT2D eigenvalue weighted by Crippen LogP contribution is -2.08. The molecule has 0 aliphatic heterocycles. The van der Waals surface area contributed by atoms with Crippen molar-refractivity contribution < 1.29 is 18.8 Å². The van der Waals surface area contributed by atoms with Crippen LogP contribution < -0.4 is 9.47 Å². The van der Waals surface area contributed by atoms with Gasteiger partial charge in [-0.2, -0.15) is 4.98 Å². The van der Waals surface area contributed by atoms with Crippen LogP contribution in [0.25, 0.3) is 0 Å². The van der Waals surface area contributed by atoms with E-state index >= 15 is 0 Å². The lowest BCUT2D eigenvalue weighted by atomic mass is 10.1. The maximum absolute atomic E-state index is 13.0. The van der Waals surface area contributed by atoms with Crippen LogP contribution in [0.2, 0.25) is 0 Å². The van der Waals surface area contributed by atoms with Crippen LogP contribution in [0, 0.1) is 6.92 Å². The first-order chi connectivity index (χ1) is 11.0. The summed E-state index contributed by atoms with van der Waals surface area (Å²) in [6.45, 7) is 3.82. The topological polar surface area (TPSA) is 68.7 Å². The molecule has 0 spiro atoms. The van der Waals surface area contributed by atoms with E-state index in [2.05, 4.69) is 4.98 Å². The highest BCUT2D eigenvalue weighted by molar-refractivity contribution is 7.85. The average Bonchev–Trinajstić information content (AvgIpc) is 2.59. The summed E-state index contributed by atoms with van der Waals surface area (Å²) >= 11 is 0. The Bertz CT molecular complexity index is 700. The fourth-order valence-electron chi connectivity index (χ4n) is 2.18. The molecule has 1 aromatic heterocycles. The number of ether oxygens (including phenoxy) is 2. The van der Waals surface area contributed by atoms with Gasteiger partial charge in [0.1, 0.15) is 4.90 Å². The second-order valence-corrected chi connectivity index (χ2v) is 6.52. The summed E-state index contributed by atoms with van der Waals surface area (Å²) in [6, 6.07) is 9.01. The standard InChI is InChI=1S/C17H21NO4S/c1-5-14(19)13-10-15(21-3)18-17(22-4)16(13)23(20)12-8-6-11(2)7-9-12/h6-10,14,19H,5H2,1-4H3/t14-,23+/m0/s1. The lowest BCUT2D eigenvalue weighted by Gasteiger charge is -2.17. The van der Waals surface area contributed by atoms with Crippen LogP contribution in [0.5, 0.6) is 11.8 Å². The number of benzene rings is 1. The summed E-state index contributed by atoms with van der Waals surface area (Å²) in [5, 5.41) is 10.3. The second kappa shape index (κ2) is 7.57. The van der Waals surface area contributed by atoms with E-state index in [-0.39, 0.29) is 5.88 Å². The Hall–Kier alpha value is -1.92. The van der Waals surface area contributed by atoms with Crippen LogP contribution >= 0.6 is 0 Å². The minimum absolute atomic E-state index is 0.200. The van der Waals surface area contributed by atoms with Crippen LogP contribution in [-0.2, 0) is 10.8 Å². The fourth-order valence-corrected chi connectivity index (χ4v) is 3.50. The first-order valence-electron chi connectivity index (χ1n) is 7.31. The van der Waals surface area contributed by atoms with E-state index in [0.717, 1.165) is 5.56 Å². The molecule has 2 aromatic rings. The third kappa shape index (κ3) is 3.71. The van der Waals surface area contributed by atoms with Gasteiger partial charge >= 0.3 is 0 Å². The van der Waals surface area contributed by atoms with Crippen molar-refractivity contribution in [3.63, 3.8) is 0 Å². The molecular formula is C17H21NO4S. The van der Waals surface area contributed by atoms with E-state index < -0.39 is 16.9 Å². The molecule has 0 fully saturated rings. The predicted molar refractivity (Wildman–Crippen MR) is 88.4 cm³/mol. The zero-order valence-electron chi connectivity index (χ0n) is 13.7. The van der Waals surface area contributed by atoms with Gasteiger partial charge in [0.2, 0.25) is 11.8 Å². The van der Waals surface area contributed by atoms with Gasteiger partial charge in [0.15, 0.2) is 0 Å². The molecule has 0 saturated carbocycles. The number of aryl methyl sites for hydroxylation is 1. The summed E-state index contributed by atoms with van der Waals surface area (Å²) in [5.41, 5.74) is 1.59. The summed E-state index contributed by atoms with van der Waals surface area (Å²) < 4.78 is 23.5. The highest BCUT2D eigenvalue weighted by Crippen LogP contribution is 2.35. The van der Waals surface area contributed by atoms with Crippen LogP contribution in [-0.4, -0.2) is 28.5 Å². The molecule has 0 amide bonds. The van der Waals surface area contributed by atoms with Crippen LogP contribution in [0.1, 0.15) is 30.6 Å². The van der Waals surface area contributed by atoms with Crippen molar-refractivity contribution in [2.24, 2.45) is 0 Å². The van der Waals surface area contributed by atoms with E-state index in [0.29, 0.717) is 27.7 Å². The molecule has 6 heteroatoms. The number of hydrogen-bond acceptors (Lipinski definition) is 5. The monoisotopic (exact) mass is 335 g/mol. The minimum Gasteiger partial charge on any atom is -0.481 e. The number of rotatable bonds is 6. The van der Waals surface area contributed by atoms with Gasteiger partial charge in [-0.05, 0) is 25.5 Å². The van der Waals surface area contributed by atoms with Crippen molar-refractivity contribution in [3.8, 4) is 11.8 Å². The molecular weight excluding hydrogens is 314 g/mol. The molecule has 0 saturated heterocycles. The molecule has 1 aromatic carbocycles. The van der Waals surface area contributed by atoms with Gasteiger partial charge in [0, 0.05) is 16.5 Å². The molecule has 0 unspecified atom stereocenters. The van der Waals surface area contributed by atoms with Crippen LogP contribution in [0.15, 0.2) is 40.1 Å². The predicted octanol–water partition coefficient (Wildman–Crippen LogP) is 3.02. The van der Waals surface area contributed by atoms with Crippen molar-refractivity contribution in [2.45, 2.75) is 36.2 Å². The molecule has 0 bridgehead atoms. The smallest absolute Gasteiger partial charge is 0.233 e. The van der Waals surface area contributed by atoms with Crippen molar-refractivity contribution in [1.29, 1.82) is 0 Å². The number of nitrogens with zero attached hydrogens (tertiary/aromatic N) is 1. The molecule has 0 aliphatic carbocycles. The molecule has 1 heterocycles.